The maximum absolute atomic E-state index is 13.3. The van der Waals surface area contributed by atoms with Crippen molar-refractivity contribution in [1.29, 1.82) is 0 Å². The van der Waals surface area contributed by atoms with Crippen LogP contribution in [0.25, 0.3) is 21.3 Å². The molecular weight excluding hydrogens is 311 g/mol. The van der Waals surface area contributed by atoms with Gasteiger partial charge in [0, 0.05) is 10.3 Å². The van der Waals surface area contributed by atoms with E-state index in [1.165, 1.54) is 35.4 Å². The van der Waals surface area contributed by atoms with Crippen LogP contribution in [-0.2, 0) is 12.8 Å². The normalized spacial score (nSPS) is 14.0. The van der Waals surface area contributed by atoms with Crippen LogP contribution >= 0.6 is 11.3 Å². The van der Waals surface area contributed by atoms with Crippen LogP contribution in [0.15, 0.2) is 30.3 Å². The van der Waals surface area contributed by atoms with Gasteiger partial charge in [-0.1, -0.05) is 12.1 Å². The number of pyridine rings is 1. The second-order valence-corrected chi connectivity index (χ2v) is 6.90. The summed E-state index contributed by atoms with van der Waals surface area (Å²) in [6.07, 6.45) is 4.44. The van der Waals surface area contributed by atoms with Crippen molar-refractivity contribution in [3.63, 3.8) is 0 Å². The lowest BCUT2D eigenvalue weighted by Crippen LogP contribution is -2.13. The van der Waals surface area contributed by atoms with Gasteiger partial charge in [0.2, 0.25) is 0 Å². The van der Waals surface area contributed by atoms with Crippen LogP contribution in [0.4, 0.5) is 4.39 Å². The average molecular weight is 326 g/mol. The van der Waals surface area contributed by atoms with E-state index in [-0.39, 0.29) is 11.5 Å². The van der Waals surface area contributed by atoms with E-state index in [1.54, 1.807) is 29.5 Å². The molecule has 0 saturated heterocycles. The zero-order valence-electron chi connectivity index (χ0n) is 12.4. The number of benzene rings is 1. The van der Waals surface area contributed by atoms with Gasteiger partial charge in [0.15, 0.2) is 0 Å². The summed E-state index contributed by atoms with van der Waals surface area (Å²) in [4.78, 5) is 18.3. The average Bonchev–Trinajstić information content (AvgIpc) is 2.93. The summed E-state index contributed by atoms with van der Waals surface area (Å²) in [5.74, 6) is -0.817. The highest BCUT2D eigenvalue weighted by molar-refractivity contribution is 7.19. The third kappa shape index (κ3) is 2.41. The van der Waals surface area contributed by atoms with E-state index < -0.39 is 5.91 Å². The van der Waals surface area contributed by atoms with Gasteiger partial charge >= 0.3 is 0 Å². The van der Waals surface area contributed by atoms with Gasteiger partial charge in [0.05, 0.1) is 0 Å². The van der Waals surface area contributed by atoms with E-state index in [1.807, 2.05) is 0 Å². The Morgan fingerprint density at radius 3 is 2.65 bits per heavy atom. The fourth-order valence-corrected chi connectivity index (χ4v) is 4.53. The molecule has 2 aromatic heterocycles. The zero-order chi connectivity index (χ0) is 16.0. The minimum Gasteiger partial charge on any atom is -0.364 e. The van der Waals surface area contributed by atoms with E-state index >= 15 is 0 Å². The molecule has 4 rings (SSSR count). The molecule has 2 N–H and O–H groups in total. The minimum absolute atomic E-state index is 0.260. The molecule has 3 nitrogen and oxygen atoms in total. The van der Waals surface area contributed by atoms with E-state index in [2.05, 4.69) is 4.98 Å². The van der Waals surface area contributed by atoms with Crippen molar-refractivity contribution >= 4 is 27.5 Å². The first-order chi connectivity index (χ1) is 11.1. The Balaban J connectivity index is 2.04. The molecule has 0 spiro atoms. The number of aromatic nitrogens is 1. The maximum Gasteiger partial charge on any atom is 0.267 e. The second-order valence-electron chi connectivity index (χ2n) is 5.82. The van der Waals surface area contributed by atoms with E-state index in [0.717, 1.165) is 34.2 Å². The Morgan fingerprint density at radius 2 is 1.91 bits per heavy atom. The van der Waals surface area contributed by atoms with Crippen LogP contribution in [0.5, 0.6) is 0 Å². The van der Waals surface area contributed by atoms with Crippen LogP contribution in [-0.4, -0.2) is 10.9 Å². The Morgan fingerprint density at radius 1 is 1.17 bits per heavy atom. The van der Waals surface area contributed by atoms with E-state index in [0.29, 0.717) is 0 Å². The lowest BCUT2D eigenvalue weighted by molar-refractivity contribution is 0.0996. The number of amides is 1. The SMILES string of the molecule is NC(=O)c1cc(-c2ccc(F)cc2)c2c3c(sc2n1)CCCC3. The quantitative estimate of drug-likeness (QED) is 0.771. The minimum atomic E-state index is -0.540. The Kier molecular flexibility index (Phi) is 3.38. The number of halogens is 1. The molecule has 0 unspecified atom stereocenters. The van der Waals surface area contributed by atoms with Crippen molar-refractivity contribution < 1.29 is 9.18 Å². The summed E-state index contributed by atoms with van der Waals surface area (Å²) in [6, 6.07) is 8.08. The lowest BCUT2D eigenvalue weighted by atomic mass is 9.92. The molecule has 2 heterocycles. The zero-order valence-corrected chi connectivity index (χ0v) is 13.3. The van der Waals surface area contributed by atoms with Crippen molar-refractivity contribution in [2.45, 2.75) is 25.7 Å². The summed E-state index contributed by atoms with van der Waals surface area (Å²) in [6.45, 7) is 0. The summed E-state index contributed by atoms with van der Waals surface area (Å²) in [7, 11) is 0. The highest BCUT2D eigenvalue weighted by Crippen LogP contribution is 2.41. The fourth-order valence-electron chi connectivity index (χ4n) is 3.24. The third-order valence-electron chi connectivity index (χ3n) is 4.33. The number of carbonyl (C=O) groups is 1. The predicted molar refractivity (Wildman–Crippen MR) is 90.2 cm³/mol. The summed E-state index contributed by atoms with van der Waals surface area (Å²) < 4.78 is 13.3. The van der Waals surface area contributed by atoms with Gasteiger partial charge in [-0.3, -0.25) is 4.79 Å². The molecule has 116 valence electrons. The number of hydrogen-bond acceptors (Lipinski definition) is 3. The Hall–Kier alpha value is -2.27. The largest absolute Gasteiger partial charge is 0.364 e. The molecule has 1 aliphatic rings. The van der Waals surface area contributed by atoms with Crippen molar-refractivity contribution in [1.82, 2.24) is 4.98 Å². The van der Waals surface area contributed by atoms with Crippen LogP contribution < -0.4 is 5.73 Å². The van der Waals surface area contributed by atoms with Gasteiger partial charge in [-0.15, -0.1) is 11.3 Å². The number of hydrogen-bond donors (Lipinski definition) is 1. The van der Waals surface area contributed by atoms with Gasteiger partial charge in [-0.05, 0) is 60.6 Å². The molecule has 0 bridgehead atoms. The molecule has 1 aliphatic carbocycles. The third-order valence-corrected chi connectivity index (χ3v) is 5.52. The number of nitrogens with zero attached hydrogens (tertiary/aromatic N) is 1. The van der Waals surface area contributed by atoms with Crippen LogP contribution in [0.1, 0.15) is 33.8 Å². The first-order valence-corrected chi connectivity index (χ1v) is 8.46. The number of nitrogens with two attached hydrogens (primary N) is 1. The highest BCUT2D eigenvalue weighted by Gasteiger charge is 2.21. The topological polar surface area (TPSA) is 56.0 Å². The molecule has 0 radical (unpaired) electrons. The molecule has 0 fully saturated rings. The standard InChI is InChI=1S/C18H15FN2OS/c19-11-7-5-10(6-8-11)13-9-14(17(20)22)21-18-16(13)12-3-1-2-4-15(12)23-18/h5-9H,1-4H2,(H2,20,22). The van der Waals surface area contributed by atoms with Gasteiger partial charge in [-0.25, -0.2) is 9.37 Å². The van der Waals surface area contributed by atoms with Crippen LogP contribution in [0.3, 0.4) is 0 Å². The molecule has 1 aromatic carbocycles. The van der Waals surface area contributed by atoms with Crippen molar-refractivity contribution in [2.24, 2.45) is 5.73 Å². The van der Waals surface area contributed by atoms with Gasteiger partial charge in [-0.2, -0.15) is 0 Å². The lowest BCUT2D eigenvalue weighted by Gasteiger charge is -2.12. The second kappa shape index (κ2) is 5.42. The van der Waals surface area contributed by atoms with Gasteiger partial charge in [0.1, 0.15) is 16.3 Å². The first kappa shape index (κ1) is 14.3. The molecule has 0 atom stereocenters. The fraction of sp³-hybridized carbons (Fsp3) is 0.222. The monoisotopic (exact) mass is 326 g/mol. The molecular formula is C18H15FN2OS. The molecule has 0 aliphatic heterocycles. The summed E-state index contributed by atoms with van der Waals surface area (Å²) >= 11 is 1.65. The predicted octanol–water partition coefficient (Wildman–Crippen LogP) is 4.08. The number of primary amides is 1. The van der Waals surface area contributed by atoms with Crippen molar-refractivity contribution in [3.05, 3.63) is 52.3 Å². The van der Waals surface area contributed by atoms with Gasteiger partial charge in [0.25, 0.3) is 5.91 Å². The molecule has 3 aromatic rings. The molecule has 1 amide bonds. The highest BCUT2D eigenvalue weighted by atomic mass is 32.1. The Labute approximate surface area is 137 Å². The smallest absolute Gasteiger partial charge is 0.267 e. The number of aryl methyl sites for hydroxylation is 2. The van der Waals surface area contributed by atoms with Gasteiger partial charge < -0.3 is 5.73 Å². The summed E-state index contributed by atoms with van der Waals surface area (Å²) in [5, 5.41) is 1.10. The number of fused-ring (bicyclic) bond motifs is 3. The number of thiophene rings is 1. The molecule has 5 heteroatoms. The number of rotatable bonds is 2. The first-order valence-electron chi connectivity index (χ1n) is 7.64. The van der Waals surface area contributed by atoms with Crippen LogP contribution in [0, 0.1) is 5.82 Å². The molecule has 0 saturated carbocycles. The van der Waals surface area contributed by atoms with E-state index in [9.17, 15) is 9.18 Å². The van der Waals surface area contributed by atoms with Crippen LogP contribution in [0.2, 0.25) is 0 Å². The van der Waals surface area contributed by atoms with Crippen molar-refractivity contribution in [2.75, 3.05) is 0 Å². The summed E-state index contributed by atoms with van der Waals surface area (Å²) in [5.41, 5.74) is 8.83. The van der Waals surface area contributed by atoms with E-state index in [4.69, 9.17) is 5.73 Å². The number of carbonyl (C=O) groups excluding carboxylic acids is 1. The maximum atomic E-state index is 13.3. The van der Waals surface area contributed by atoms with Crippen molar-refractivity contribution in [3.8, 4) is 11.1 Å². The molecule has 23 heavy (non-hydrogen) atoms. The Bertz CT molecular complexity index is 915.